The number of aromatic amines is 1. The van der Waals surface area contributed by atoms with Crippen molar-refractivity contribution in [3.8, 4) is 5.75 Å². The van der Waals surface area contributed by atoms with Gasteiger partial charge in [0.25, 0.3) is 0 Å². The molecule has 0 bridgehead atoms. The number of nitrogens with two attached hydrogens (primary N) is 1. The highest BCUT2D eigenvalue weighted by atomic mass is 16.4. The zero-order valence-corrected chi connectivity index (χ0v) is 29.1. The van der Waals surface area contributed by atoms with Crippen LogP contribution in [0.5, 0.6) is 5.75 Å². The van der Waals surface area contributed by atoms with Crippen molar-refractivity contribution in [2.24, 2.45) is 17.6 Å². The number of rotatable bonds is 17. The molecule has 16 nitrogen and oxygen atoms in total. The molecule has 5 amide bonds. The normalized spacial score (nSPS) is 17.9. The molecule has 0 aliphatic carbocycles. The second kappa shape index (κ2) is 18.1. The van der Waals surface area contributed by atoms with Gasteiger partial charge in [0.2, 0.25) is 29.5 Å². The summed E-state index contributed by atoms with van der Waals surface area (Å²) in [7, 11) is 0. The van der Waals surface area contributed by atoms with E-state index >= 15 is 0 Å². The third kappa shape index (κ3) is 10.8. The maximum absolute atomic E-state index is 14.0. The lowest BCUT2D eigenvalue weighted by molar-refractivity contribution is -0.144. The van der Waals surface area contributed by atoms with Crippen LogP contribution < -0.4 is 27.0 Å². The van der Waals surface area contributed by atoms with Gasteiger partial charge in [-0.15, -0.1) is 0 Å². The lowest BCUT2D eigenvalue weighted by atomic mass is 9.96. The fourth-order valence-electron chi connectivity index (χ4n) is 5.56. The van der Waals surface area contributed by atoms with Gasteiger partial charge >= 0.3 is 5.97 Å². The summed E-state index contributed by atoms with van der Waals surface area (Å²) >= 11 is 0. The molecule has 1 fully saturated rings. The molecule has 1 saturated heterocycles. The third-order valence-electron chi connectivity index (χ3n) is 8.98. The first kappa shape index (κ1) is 39.4. The van der Waals surface area contributed by atoms with E-state index in [1.54, 1.807) is 32.9 Å². The zero-order chi connectivity index (χ0) is 37.1. The topological polar surface area (TPSA) is 249 Å². The number of imidazole rings is 1. The van der Waals surface area contributed by atoms with Crippen molar-refractivity contribution in [3.05, 3.63) is 48.0 Å². The summed E-state index contributed by atoms with van der Waals surface area (Å²) in [6.45, 7) is 8.70. The van der Waals surface area contributed by atoms with Gasteiger partial charge in [0.05, 0.1) is 12.4 Å². The number of carbonyl (C=O) groups is 6. The summed E-state index contributed by atoms with van der Waals surface area (Å²) in [5, 5.41) is 29.7. The minimum atomic E-state index is -1.22. The Hall–Kier alpha value is -4.99. The van der Waals surface area contributed by atoms with Gasteiger partial charge < -0.3 is 47.1 Å². The molecule has 0 saturated carbocycles. The Kier molecular flexibility index (Phi) is 14.3. The molecule has 16 heteroatoms. The number of H-pyrrole nitrogens is 1. The van der Waals surface area contributed by atoms with E-state index in [1.165, 1.54) is 36.5 Å². The van der Waals surface area contributed by atoms with Gasteiger partial charge in [-0.1, -0.05) is 46.2 Å². The number of hydrogen-bond acceptors (Lipinski definition) is 9. The van der Waals surface area contributed by atoms with E-state index in [0.717, 1.165) is 0 Å². The third-order valence-corrected chi connectivity index (χ3v) is 8.98. The van der Waals surface area contributed by atoms with Gasteiger partial charge in [0, 0.05) is 31.3 Å². The number of aromatic hydroxyl groups is 1. The Morgan fingerprint density at radius 1 is 0.940 bits per heavy atom. The molecule has 7 atom stereocenters. The van der Waals surface area contributed by atoms with E-state index in [2.05, 4.69) is 31.2 Å². The Balaban J connectivity index is 1.86. The Morgan fingerprint density at radius 3 is 2.18 bits per heavy atom. The van der Waals surface area contributed by atoms with Gasteiger partial charge in [-0.05, 0) is 49.3 Å². The molecule has 1 aromatic carbocycles. The fraction of sp³-hybridized carbons (Fsp3) is 0.559. The minimum absolute atomic E-state index is 0.00522. The first-order valence-electron chi connectivity index (χ1n) is 16.9. The molecule has 0 radical (unpaired) electrons. The van der Waals surface area contributed by atoms with Crippen molar-refractivity contribution < 1.29 is 39.0 Å². The van der Waals surface area contributed by atoms with Gasteiger partial charge in [-0.3, -0.25) is 28.8 Å². The lowest BCUT2D eigenvalue weighted by Crippen LogP contribution is -2.61. The van der Waals surface area contributed by atoms with Crippen molar-refractivity contribution >= 4 is 35.5 Å². The van der Waals surface area contributed by atoms with Gasteiger partial charge in [-0.25, -0.2) is 4.98 Å². The lowest BCUT2D eigenvalue weighted by Gasteiger charge is -2.31. The Bertz CT molecular complexity index is 1480. The van der Waals surface area contributed by atoms with Crippen LogP contribution in [-0.4, -0.2) is 103 Å². The average molecular weight is 699 g/mol. The van der Waals surface area contributed by atoms with Crippen LogP contribution in [-0.2, 0) is 41.6 Å². The van der Waals surface area contributed by atoms with E-state index in [0.29, 0.717) is 30.5 Å². The van der Waals surface area contributed by atoms with Crippen LogP contribution in [0.1, 0.15) is 65.1 Å². The molecule has 9 N–H and O–H groups in total. The molecule has 50 heavy (non-hydrogen) atoms. The molecule has 7 unspecified atom stereocenters. The summed E-state index contributed by atoms with van der Waals surface area (Å²) < 4.78 is 0. The number of phenolic OH excluding ortho intramolecular Hbond substituents is 1. The number of aliphatic carboxylic acids is 1. The Labute approximate surface area is 291 Å². The number of likely N-dealkylation sites (tertiary alicyclic amines) is 1. The van der Waals surface area contributed by atoms with Crippen LogP contribution in [0.25, 0.3) is 0 Å². The van der Waals surface area contributed by atoms with Crippen molar-refractivity contribution in [1.29, 1.82) is 0 Å². The van der Waals surface area contributed by atoms with Crippen molar-refractivity contribution in [1.82, 2.24) is 36.1 Å². The van der Waals surface area contributed by atoms with Crippen LogP contribution >= 0.6 is 0 Å². The molecule has 1 aliphatic heterocycles. The number of nitrogens with one attached hydrogen (secondary N) is 5. The quantitative estimate of drug-likeness (QED) is 0.110. The van der Waals surface area contributed by atoms with Crippen LogP contribution in [0.15, 0.2) is 36.8 Å². The fourth-order valence-corrected chi connectivity index (χ4v) is 5.56. The van der Waals surface area contributed by atoms with Crippen molar-refractivity contribution in [2.75, 3.05) is 6.54 Å². The molecular weight excluding hydrogens is 648 g/mol. The average Bonchev–Trinajstić information content (AvgIpc) is 3.79. The van der Waals surface area contributed by atoms with Gasteiger partial charge in [0.15, 0.2) is 0 Å². The van der Waals surface area contributed by atoms with Gasteiger partial charge in [0.1, 0.15) is 36.0 Å². The SMILES string of the molecule is CCC(C)C(NC(=O)C(Cc1ccc(O)cc1)NC(=O)C(N)C(C)C)C(=O)NC(Cc1cnc[nH]1)C(=O)N1CCCC1C(=O)NC(C)C(=O)O. The number of phenols is 1. The number of amides is 5. The highest BCUT2D eigenvalue weighted by Crippen LogP contribution is 2.21. The summed E-state index contributed by atoms with van der Waals surface area (Å²) in [4.78, 5) is 87.4. The molecule has 2 aromatic rings. The number of carboxylic acid groups (broad SMARTS) is 1. The van der Waals surface area contributed by atoms with Crippen LogP contribution in [0, 0.1) is 11.8 Å². The summed E-state index contributed by atoms with van der Waals surface area (Å²) in [6, 6.07) is -0.274. The van der Waals surface area contributed by atoms with E-state index in [1.807, 2.05) is 6.92 Å². The number of hydrogen-bond donors (Lipinski definition) is 8. The number of carboxylic acids is 1. The van der Waals surface area contributed by atoms with E-state index in [9.17, 15) is 39.0 Å². The maximum atomic E-state index is 14.0. The Morgan fingerprint density at radius 2 is 1.60 bits per heavy atom. The van der Waals surface area contributed by atoms with Crippen LogP contribution in [0.4, 0.5) is 0 Å². The molecule has 2 heterocycles. The summed E-state index contributed by atoms with van der Waals surface area (Å²) in [6.07, 6.45) is 4.24. The number of nitrogens with zero attached hydrogens (tertiary/aromatic N) is 2. The molecule has 3 rings (SSSR count). The first-order chi connectivity index (χ1) is 23.6. The van der Waals surface area contributed by atoms with E-state index < -0.39 is 77.7 Å². The molecule has 1 aromatic heterocycles. The van der Waals surface area contributed by atoms with E-state index in [4.69, 9.17) is 5.73 Å². The first-order valence-corrected chi connectivity index (χ1v) is 16.9. The van der Waals surface area contributed by atoms with E-state index in [-0.39, 0.29) is 31.1 Å². The smallest absolute Gasteiger partial charge is 0.325 e. The van der Waals surface area contributed by atoms with Crippen LogP contribution in [0.3, 0.4) is 0 Å². The zero-order valence-electron chi connectivity index (χ0n) is 29.1. The molecule has 1 aliphatic rings. The van der Waals surface area contributed by atoms with Crippen LogP contribution in [0.2, 0.25) is 0 Å². The predicted octanol–water partition coefficient (Wildman–Crippen LogP) is -0.0354. The second-order valence-electron chi connectivity index (χ2n) is 13.2. The number of benzene rings is 1. The predicted molar refractivity (Wildman–Crippen MR) is 182 cm³/mol. The molecule has 0 spiro atoms. The monoisotopic (exact) mass is 698 g/mol. The standard InChI is InChI=1S/C34H50N8O8/c1-6-19(4)28(41-29(44)24(39-31(46)27(35)18(2)3)14-21-9-11-23(43)12-10-21)32(47)40-25(15-22-16-36-17-37-22)33(48)42-13-7-8-26(42)30(45)38-20(5)34(49)50/h9-12,16-20,24-28,43H,6-8,13-15,35H2,1-5H3,(H,36,37)(H,38,45)(H,39,46)(H,40,47)(H,41,44)(H,49,50). The number of carbonyl (C=O) groups excluding carboxylic acids is 5. The molecular formula is C34H50N8O8. The van der Waals surface area contributed by atoms with Crippen molar-refractivity contribution in [3.63, 3.8) is 0 Å². The largest absolute Gasteiger partial charge is 0.508 e. The number of aromatic nitrogens is 2. The highest BCUT2D eigenvalue weighted by molar-refractivity contribution is 5.96. The minimum Gasteiger partial charge on any atom is -0.508 e. The summed E-state index contributed by atoms with van der Waals surface area (Å²) in [5.41, 5.74) is 7.23. The molecule has 274 valence electrons. The maximum Gasteiger partial charge on any atom is 0.325 e. The second-order valence-corrected chi connectivity index (χ2v) is 13.2. The van der Waals surface area contributed by atoms with Crippen molar-refractivity contribution in [2.45, 2.75) is 103 Å². The highest BCUT2D eigenvalue weighted by Gasteiger charge is 2.40. The summed E-state index contributed by atoms with van der Waals surface area (Å²) in [5.74, 6) is -4.82. The van der Waals surface area contributed by atoms with Gasteiger partial charge in [-0.2, -0.15) is 0 Å².